The number of aromatic nitrogens is 1. The van der Waals surface area contributed by atoms with Crippen LogP contribution >= 0.6 is 34.9 Å². The van der Waals surface area contributed by atoms with Crippen molar-refractivity contribution in [1.29, 1.82) is 5.26 Å². The zero-order valence-electron chi connectivity index (χ0n) is 23.4. The van der Waals surface area contributed by atoms with Crippen molar-refractivity contribution in [3.8, 4) is 39.6 Å². The Morgan fingerprint density at radius 2 is 1.74 bits per heavy atom. The van der Waals surface area contributed by atoms with E-state index in [-0.39, 0.29) is 5.82 Å². The van der Waals surface area contributed by atoms with Crippen LogP contribution in [0.1, 0.15) is 26.4 Å². The largest absolute Gasteiger partial charge is 0.465 e. The minimum absolute atomic E-state index is 0.353. The number of methoxy groups -OCH3 is 1. The average Bonchev–Trinajstić information content (AvgIpc) is 3.60. The number of nitriles is 1. The van der Waals surface area contributed by atoms with E-state index in [9.17, 15) is 14.4 Å². The van der Waals surface area contributed by atoms with Gasteiger partial charge in [-0.05, 0) is 96.9 Å². The van der Waals surface area contributed by atoms with Crippen LogP contribution in [0.4, 0.5) is 4.39 Å². The van der Waals surface area contributed by atoms with Crippen molar-refractivity contribution in [2.45, 2.75) is 18.7 Å². The van der Waals surface area contributed by atoms with Crippen molar-refractivity contribution in [2.75, 3.05) is 7.11 Å². The number of carbonyl (C=O) groups excluding carboxylic acids is 1. The smallest absolute Gasteiger partial charge is 0.338 e. The molecule has 2 aromatic heterocycles. The second-order valence-electron chi connectivity index (χ2n) is 10.1. The topological polar surface area (TPSA) is 55.0 Å². The maximum atomic E-state index is 14.8. The Balaban J connectivity index is 1.63. The predicted molar refractivity (Wildman–Crippen MR) is 174 cm³/mol. The minimum atomic E-state index is -0.446. The van der Waals surface area contributed by atoms with Gasteiger partial charge in [-0.25, -0.2) is 9.18 Å². The zero-order valence-corrected chi connectivity index (χ0v) is 25.8. The first-order chi connectivity index (χ1) is 20.8. The van der Waals surface area contributed by atoms with Gasteiger partial charge in [-0.3, -0.25) is 3.97 Å². The van der Waals surface area contributed by atoms with E-state index in [4.69, 9.17) is 16.3 Å². The molecule has 0 aliphatic heterocycles. The summed E-state index contributed by atoms with van der Waals surface area (Å²) >= 11 is 9.62. The van der Waals surface area contributed by atoms with Crippen molar-refractivity contribution >= 4 is 51.8 Å². The van der Waals surface area contributed by atoms with Crippen LogP contribution in [0.2, 0.25) is 5.02 Å². The van der Waals surface area contributed by atoms with E-state index >= 15 is 0 Å². The van der Waals surface area contributed by atoms with Gasteiger partial charge in [-0.1, -0.05) is 47.5 Å². The molecule has 2 heterocycles. The molecule has 6 rings (SSSR count). The van der Waals surface area contributed by atoms with E-state index in [0.29, 0.717) is 20.8 Å². The number of hydrogen-bond acceptors (Lipinski definition) is 5. The lowest BCUT2D eigenvalue weighted by Gasteiger charge is -2.15. The number of rotatable bonds is 6. The van der Waals surface area contributed by atoms with Gasteiger partial charge in [0.15, 0.2) is 0 Å². The van der Waals surface area contributed by atoms with Crippen molar-refractivity contribution in [1.82, 2.24) is 3.97 Å². The number of thiophene rings is 1. The first kappa shape index (κ1) is 28.8. The molecule has 0 saturated heterocycles. The number of benzene rings is 4. The number of nitrogens with zero attached hydrogens (tertiary/aromatic N) is 2. The van der Waals surface area contributed by atoms with Gasteiger partial charge in [0.2, 0.25) is 0 Å². The summed E-state index contributed by atoms with van der Waals surface area (Å²) in [6.45, 7) is 3.89. The Labute approximate surface area is 262 Å². The number of hydrogen-bond donors (Lipinski definition) is 0. The monoisotopic (exact) mass is 622 g/mol. The van der Waals surface area contributed by atoms with Gasteiger partial charge in [0, 0.05) is 37.6 Å². The summed E-state index contributed by atoms with van der Waals surface area (Å²) in [5.41, 5.74) is 7.99. The molecule has 0 fully saturated rings. The molecule has 0 unspecified atom stereocenters. The first-order valence-corrected chi connectivity index (χ1v) is 15.4. The molecule has 0 radical (unpaired) electrons. The number of halogens is 2. The van der Waals surface area contributed by atoms with Crippen molar-refractivity contribution in [3.05, 3.63) is 123 Å². The van der Waals surface area contributed by atoms with Crippen LogP contribution in [-0.2, 0) is 4.74 Å². The maximum absolute atomic E-state index is 14.8. The summed E-state index contributed by atoms with van der Waals surface area (Å²) in [6.07, 6.45) is 0. The van der Waals surface area contributed by atoms with Crippen LogP contribution in [-0.4, -0.2) is 17.1 Å². The molecule has 43 heavy (non-hydrogen) atoms. The van der Waals surface area contributed by atoms with E-state index in [2.05, 4.69) is 34.3 Å². The number of carbonyl (C=O) groups is 1. The van der Waals surface area contributed by atoms with Gasteiger partial charge in [0.05, 0.1) is 23.9 Å². The van der Waals surface area contributed by atoms with Gasteiger partial charge in [0.25, 0.3) is 0 Å². The fraction of sp³-hybridized carbons (Fsp3) is 0.0857. The van der Waals surface area contributed by atoms with Crippen LogP contribution in [0.25, 0.3) is 44.4 Å². The Morgan fingerprint density at radius 3 is 2.49 bits per heavy atom. The molecule has 212 valence electrons. The number of ether oxygens (including phenoxy) is 1. The molecular formula is C35H24ClFN2O2S2. The predicted octanol–water partition coefficient (Wildman–Crippen LogP) is 10.3. The fourth-order valence-corrected chi connectivity index (χ4v) is 7.21. The summed E-state index contributed by atoms with van der Waals surface area (Å²) in [6, 6.07) is 28.7. The molecule has 0 spiro atoms. The Kier molecular flexibility index (Phi) is 7.85. The Hall–Kier alpha value is -4.35. The third kappa shape index (κ3) is 5.34. The number of aryl methyl sites for hydroxylation is 2. The van der Waals surface area contributed by atoms with E-state index < -0.39 is 5.97 Å². The summed E-state index contributed by atoms with van der Waals surface area (Å²) in [4.78, 5) is 13.8. The highest BCUT2D eigenvalue weighted by Gasteiger charge is 2.25. The van der Waals surface area contributed by atoms with Gasteiger partial charge in [-0.2, -0.15) is 5.26 Å². The Morgan fingerprint density at radius 1 is 0.977 bits per heavy atom. The summed E-state index contributed by atoms with van der Waals surface area (Å²) < 4.78 is 21.8. The fourth-order valence-electron chi connectivity index (χ4n) is 5.23. The highest BCUT2D eigenvalue weighted by Crippen LogP contribution is 2.47. The lowest BCUT2D eigenvalue weighted by atomic mass is 9.95. The van der Waals surface area contributed by atoms with Crippen LogP contribution in [0.5, 0.6) is 0 Å². The minimum Gasteiger partial charge on any atom is -0.465 e. The highest BCUT2D eigenvalue weighted by molar-refractivity contribution is 7.98. The third-order valence-electron chi connectivity index (χ3n) is 7.31. The first-order valence-electron chi connectivity index (χ1n) is 13.3. The van der Waals surface area contributed by atoms with Gasteiger partial charge in [0.1, 0.15) is 16.8 Å². The van der Waals surface area contributed by atoms with E-state index in [0.717, 1.165) is 55.1 Å². The van der Waals surface area contributed by atoms with Crippen LogP contribution in [0, 0.1) is 31.0 Å². The lowest BCUT2D eigenvalue weighted by molar-refractivity contribution is 0.0600. The second-order valence-corrected chi connectivity index (χ2v) is 12.4. The normalized spacial score (nSPS) is 11.1. The van der Waals surface area contributed by atoms with Gasteiger partial charge >= 0.3 is 5.97 Å². The third-order valence-corrected chi connectivity index (χ3v) is 9.48. The highest BCUT2D eigenvalue weighted by atomic mass is 35.5. The standard InChI is InChI=1S/C35H24ClFN2O2S2/c1-20-7-10-25(11-8-20)43-39-31-12-9-24(37)17-29(31)33(26-13-14-42-32(26)19-38)34(39)23-6-4-5-22(16-23)28-15-21(2)27(18-30(28)36)35(40)41-3/h4-18H,1-3H3. The van der Waals surface area contributed by atoms with Gasteiger partial charge in [-0.15, -0.1) is 11.3 Å². The second kappa shape index (κ2) is 11.7. The molecular weight excluding hydrogens is 599 g/mol. The number of fused-ring (bicyclic) bond motifs is 1. The molecule has 6 aromatic rings. The SMILES string of the molecule is COC(=O)c1cc(Cl)c(-c2cccc(-c3c(-c4ccsc4C#N)c4cc(F)ccc4n3Sc3ccc(C)cc3)c2)cc1C. The molecule has 0 aliphatic carbocycles. The van der Waals surface area contributed by atoms with E-state index in [1.165, 1.54) is 42.5 Å². The molecule has 8 heteroatoms. The van der Waals surface area contributed by atoms with Crippen LogP contribution in [0.15, 0.2) is 95.2 Å². The van der Waals surface area contributed by atoms with Crippen LogP contribution < -0.4 is 0 Å². The van der Waals surface area contributed by atoms with Crippen molar-refractivity contribution in [2.24, 2.45) is 0 Å². The molecule has 0 atom stereocenters. The molecule has 0 aliphatic rings. The Bertz CT molecular complexity index is 2070. The summed E-state index contributed by atoms with van der Waals surface area (Å²) in [5.74, 6) is -0.800. The maximum Gasteiger partial charge on any atom is 0.338 e. The van der Waals surface area contributed by atoms with Crippen LogP contribution in [0.3, 0.4) is 0 Å². The summed E-state index contributed by atoms with van der Waals surface area (Å²) in [5, 5.41) is 13.0. The molecule has 4 aromatic carbocycles. The van der Waals surface area contributed by atoms with E-state index in [1.54, 1.807) is 12.1 Å². The molecule has 0 bridgehead atoms. The quantitative estimate of drug-likeness (QED) is 0.173. The zero-order chi connectivity index (χ0) is 30.2. The average molecular weight is 623 g/mol. The molecule has 0 N–H and O–H groups in total. The van der Waals surface area contributed by atoms with Gasteiger partial charge < -0.3 is 4.74 Å². The lowest BCUT2D eigenvalue weighted by Crippen LogP contribution is -2.04. The van der Waals surface area contributed by atoms with E-state index in [1.807, 2.05) is 55.6 Å². The summed E-state index contributed by atoms with van der Waals surface area (Å²) in [7, 11) is 1.34. The molecule has 0 amide bonds. The molecule has 0 saturated carbocycles. The molecule has 4 nitrogen and oxygen atoms in total. The van der Waals surface area contributed by atoms with Crippen molar-refractivity contribution < 1.29 is 13.9 Å². The van der Waals surface area contributed by atoms with Crippen molar-refractivity contribution in [3.63, 3.8) is 0 Å². The number of esters is 1.